The van der Waals surface area contributed by atoms with Gasteiger partial charge in [-0.15, -0.1) is 0 Å². The normalized spacial score (nSPS) is 28.9. The lowest BCUT2D eigenvalue weighted by molar-refractivity contribution is -0.369. The SMILES string of the molecule is CO[C@H]1O[C@@H]2CO[C@H](c3ccccc3)O[C@@H]2[C@H](OCc2ccccc2)[C@H]1OCc1ccccc1. The van der Waals surface area contributed by atoms with Gasteiger partial charge in [0.1, 0.15) is 24.4 Å². The van der Waals surface area contributed by atoms with Crippen LogP contribution in [0.3, 0.4) is 0 Å². The van der Waals surface area contributed by atoms with E-state index in [9.17, 15) is 0 Å². The van der Waals surface area contributed by atoms with E-state index < -0.39 is 24.8 Å². The van der Waals surface area contributed by atoms with Crippen molar-refractivity contribution in [3.8, 4) is 0 Å². The molecule has 2 aliphatic heterocycles. The van der Waals surface area contributed by atoms with E-state index >= 15 is 0 Å². The number of hydrogen-bond donors (Lipinski definition) is 0. The van der Waals surface area contributed by atoms with Crippen molar-refractivity contribution in [2.24, 2.45) is 0 Å². The van der Waals surface area contributed by atoms with Crippen molar-refractivity contribution < 1.29 is 28.4 Å². The Morgan fingerprint density at radius 2 is 1.26 bits per heavy atom. The summed E-state index contributed by atoms with van der Waals surface area (Å²) in [5, 5.41) is 0. The van der Waals surface area contributed by atoms with Crippen LogP contribution in [0.25, 0.3) is 0 Å². The number of rotatable bonds is 8. The van der Waals surface area contributed by atoms with Crippen LogP contribution in [0, 0.1) is 0 Å². The highest BCUT2D eigenvalue weighted by Crippen LogP contribution is 2.37. The largest absolute Gasteiger partial charge is 0.368 e. The standard InChI is InChI=1S/C28H30O6/c1-29-28-26(31-18-21-13-7-3-8-14-21)25(30-17-20-11-5-2-6-12-20)24-23(33-28)19-32-27(34-24)22-15-9-4-10-16-22/h2-16,23-28H,17-19H2,1H3/t23-,24+,25+,26-,27+,28+/m1/s1. The number of hydrogen-bond acceptors (Lipinski definition) is 6. The molecule has 0 unspecified atom stereocenters. The van der Waals surface area contributed by atoms with Gasteiger partial charge < -0.3 is 28.4 Å². The molecule has 6 nitrogen and oxygen atoms in total. The third kappa shape index (κ3) is 5.39. The Hall–Kier alpha value is -2.58. The van der Waals surface area contributed by atoms with Crippen LogP contribution in [-0.2, 0) is 41.6 Å². The van der Waals surface area contributed by atoms with Gasteiger partial charge in [0.05, 0.1) is 19.8 Å². The molecule has 3 aromatic rings. The van der Waals surface area contributed by atoms with E-state index in [2.05, 4.69) is 0 Å². The Bertz CT molecular complexity index is 993. The molecule has 178 valence electrons. The summed E-state index contributed by atoms with van der Waals surface area (Å²) in [5.41, 5.74) is 3.10. The van der Waals surface area contributed by atoms with E-state index in [4.69, 9.17) is 28.4 Å². The topological polar surface area (TPSA) is 55.4 Å². The van der Waals surface area contributed by atoms with E-state index in [1.54, 1.807) is 7.11 Å². The Morgan fingerprint density at radius 1 is 0.706 bits per heavy atom. The lowest BCUT2D eigenvalue weighted by Gasteiger charge is -2.48. The highest BCUT2D eigenvalue weighted by molar-refractivity contribution is 5.17. The second-order valence-corrected chi connectivity index (χ2v) is 8.48. The second kappa shape index (κ2) is 11.2. The van der Waals surface area contributed by atoms with E-state index in [1.807, 2.05) is 91.0 Å². The van der Waals surface area contributed by atoms with E-state index in [1.165, 1.54) is 0 Å². The molecule has 0 N–H and O–H groups in total. The van der Waals surface area contributed by atoms with Crippen molar-refractivity contribution in [3.63, 3.8) is 0 Å². The Kier molecular flexibility index (Phi) is 7.65. The lowest BCUT2D eigenvalue weighted by Crippen LogP contribution is -2.63. The fourth-order valence-corrected chi connectivity index (χ4v) is 4.42. The molecule has 3 aromatic carbocycles. The van der Waals surface area contributed by atoms with Crippen LogP contribution in [0.4, 0.5) is 0 Å². The maximum Gasteiger partial charge on any atom is 0.186 e. The molecule has 0 aliphatic carbocycles. The fraction of sp³-hybridized carbons (Fsp3) is 0.357. The molecule has 6 heteroatoms. The third-order valence-corrected chi connectivity index (χ3v) is 6.16. The smallest absolute Gasteiger partial charge is 0.186 e. The fourth-order valence-electron chi connectivity index (χ4n) is 4.42. The highest BCUT2D eigenvalue weighted by atomic mass is 16.8. The summed E-state index contributed by atoms with van der Waals surface area (Å²) < 4.78 is 37.2. The van der Waals surface area contributed by atoms with Gasteiger partial charge in [0.15, 0.2) is 12.6 Å². The minimum Gasteiger partial charge on any atom is -0.368 e. The second-order valence-electron chi connectivity index (χ2n) is 8.48. The summed E-state index contributed by atoms with van der Waals surface area (Å²) in [6, 6.07) is 30.0. The molecule has 2 fully saturated rings. The van der Waals surface area contributed by atoms with Crippen LogP contribution in [0.5, 0.6) is 0 Å². The molecule has 2 saturated heterocycles. The zero-order chi connectivity index (χ0) is 23.2. The number of ether oxygens (including phenoxy) is 6. The number of benzene rings is 3. The summed E-state index contributed by atoms with van der Waals surface area (Å²) in [6.07, 6.45) is -2.71. The number of methoxy groups -OCH3 is 1. The molecule has 5 rings (SSSR count). The molecular formula is C28H30O6. The monoisotopic (exact) mass is 462 g/mol. The Labute approximate surface area is 200 Å². The van der Waals surface area contributed by atoms with Crippen LogP contribution in [0.15, 0.2) is 91.0 Å². The zero-order valence-electron chi connectivity index (χ0n) is 19.2. The maximum atomic E-state index is 6.49. The first-order valence-electron chi connectivity index (χ1n) is 11.6. The molecule has 0 radical (unpaired) electrons. The Balaban J connectivity index is 1.39. The van der Waals surface area contributed by atoms with Crippen molar-refractivity contribution in [1.82, 2.24) is 0 Å². The van der Waals surface area contributed by atoms with Crippen molar-refractivity contribution in [2.45, 2.75) is 50.2 Å². The van der Waals surface area contributed by atoms with Gasteiger partial charge in [-0.2, -0.15) is 0 Å². The summed E-state index contributed by atoms with van der Waals surface area (Å²) >= 11 is 0. The third-order valence-electron chi connectivity index (χ3n) is 6.16. The van der Waals surface area contributed by atoms with Gasteiger partial charge in [0.2, 0.25) is 0 Å². The molecule has 0 bridgehead atoms. The van der Waals surface area contributed by atoms with Gasteiger partial charge >= 0.3 is 0 Å². The summed E-state index contributed by atoms with van der Waals surface area (Å²) in [6.45, 7) is 1.22. The van der Waals surface area contributed by atoms with Crippen LogP contribution in [-0.4, -0.2) is 44.4 Å². The van der Waals surface area contributed by atoms with Gasteiger partial charge in [-0.3, -0.25) is 0 Å². The maximum absolute atomic E-state index is 6.49. The molecule has 34 heavy (non-hydrogen) atoms. The van der Waals surface area contributed by atoms with Crippen molar-refractivity contribution in [3.05, 3.63) is 108 Å². The minimum atomic E-state index is -0.605. The predicted molar refractivity (Wildman–Crippen MR) is 126 cm³/mol. The van der Waals surface area contributed by atoms with Gasteiger partial charge in [-0.05, 0) is 11.1 Å². The van der Waals surface area contributed by atoms with Crippen LogP contribution in [0.2, 0.25) is 0 Å². The summed E-state index contributed by atoms with van der Waals surface area (Å²) in [4.78, 5) is 0. The summed E-state index contributed by atoms with van der Waals surface area (Å²) in [5.74, 6) is 0. The zero-order valence-corrected chi connectivity index (χ0v) is 19.2. The van der Waals surface area contributed by atoms with Crippen molar-refractivity contribution in [1.29, 1.82) is 0 Å². The van der Waals surface area contributed by atoms with E-state index in [0.29, 0.717) is 19.8 Å². The predicted octanol–water partition coefficient (Wildman–Crippen LogP) is 4.64. The first-order chi connectivity index (χ1) is 16.8. The number of fused-ring (bicyclic) bond motifs is 1. The van der Waals surface area contributed by atoms with Gasteiger partial charge in [-0.25, -0.2) is 0 Å². The summed E-state index contributed by atoms with van der Waals surface area (Å²) in [7, 11) is 1.62. The van der Waals surface area contributed by atoms with Crippen LogP contribution in [0.1, 0.15) is 23.0 Å². The molecule has 6 atom stereocenters. The first kappa shape index (κ1) is 23.2. The van der Waals surface area contributed by atoms with Crippen LogP contribution < -0.4 is 0 Å². The molecule has 0 aromatic heterocycles. The lowest BCUT2D eigenvalue weighted by atomic mass is 9.97. The van der Waals surface area contributed by atoms with Crippen molar-refractivity contribution >= 4 is 0 Å². The van der Waals surface area contributed by atoms with Crippen molar-refractivity contribution in [2.75, 3.05) is 13.7 Å². The van der Waals surface area contributed by atoms with Gasteiger partial charge in [-0.1, -0.05) is 91.0 Å². The van der Waals surface area contributed by atoms with E-state index in [0.717, 1.165) is 16.7 Å². The molecule has 0 saturated carbocycles. The molecule has 2 aliphatic rings. The first-order valence-corrected chi connectivity index (χ1v) is 11.6. The quantitative estimate of drug-likeness (QED) is 0.486. The van der Waals surface area contributed by atoms with Gasteiger partial charge in [0, 0.05) is 12.7 Å². The highest BCUT2D eigenvalue weighted by Gasteiger charge is 2.51. The Morgan fingerprint density at radius 3 is 1.85 bits per heavy atom. The molecule has 2 heterocycles. The average molecular weight is 463 g/mol. The average Bonchev–Trinajstić information content (AvgIpc) is 2.91. The van der Waals surface area contributed by atoms with Gasteiger partial charge in [0.25, 0.3) is 0 Å². The van der Waals surface area contributed by atoms with Crippen LogP contribution >= 0.6 is 0 Å². The molecular weight excluding hydrogens is 432 g/mol. The molecule has 0 spiro atoms. The minimum absolute atomic E-state index is 0.331. The molecule has 0 amide bonds. The van der Waals surface area contributed by atoms with E-state index in [-0.39, 0.29) is 12.2 Å².